The van der Waals surface area contributed by atoms with E-state index < -0.39 is 4.92 Å². The van der Waals surface area contributed by atoms with Crippen LogP contribution < -0.4 is 15.0 Å². The molecule has 0 atom stereocenters. The Morgan fingerprint density at radius 3 is 2.66 bits per heavy atom. The summed E-state index contributed by atoms with van der Waals surface area (Å²) in [5, 5.41) is 16.2. The van der Waals surface area contributed by atoms with Gasteiger partial charge in [0.2, 0.25) is 0 Å². The maximum atomic E-state index is 13.3. The zero-order valence-electron chi connectivity index (χ0n) is 20.4. The first kappa shape index (κ1) is 27.7. The first-order chi connectivity index (χ1) is 18.1. The van der Waals surface area contributed by atoms with Crippen LogP contribution in [0.4, 0.5) is 5.69 Å². The molecule has 0 spiro atoms. The third kappa shape index (κ3) is 5.74. The molecule has 0 saturated carbocycles. The van der Waals surface area contributed by atoms with Crippen LogP contribution in [0.1, 0.15) is 36.7 Å². The van der Waals surface area contributed by atoms with E-state index in [1.54, 1.807) is 30.3 Å². The Morgan fingerprint density at radius 2 is 1.97 bits per heavy atom. The predicted octanol–water partition coefficient (Wildman–Crippen LogP) is 7.08. The second kappa shape index (κ2) is 11.6. The van der Waals surface area contributed by atoms with Crippen LogP contribution >= 0.6 is 43.5 Å². The van der Waals surface area contributed by atoms with Crippen molar-refractivity contribution in [3.8, 4) is 11.5 Å². The van der Waals surface area contributed by atoms with Gasteiger partial charge in [0.15, 0.2) is 11.5 Å². The van der Waals surface area contributed by atoms with Crippen molar-refractivity contribution in [1.29, 1.82) is 0 Å². The van der Waals surface area contributed by atoms with E-state index in [0.29, 0.717) is 38.1 Å². The van der Waals surface area contributed by atoms with Crippen LogP contribution in [0.25, 0.3) is 10.9 Å². The molecule has 0 aliphatic rings. The van der Waals surface area contributed by atoms with Gasteiger partial charge in [-0.15, -0.1) is 0 Å². The zero-order chi connectivity index (χ0) is 27.6. The molecule has 196 valence electrons. The highest BCUT2D eigenvalue weighted by molar-refractivity contribution is 9.10. The molecule has 0 saturated heterocycles. The van der Waals surface area contributed by atoms with Gasteiger partial charge in [-0.2, -0.15) is 9.78 Å². The molecule has 0 fully saturated rings. The van der Waals surface area contributed by atoms with Crippen LogP contribution in [0, 0.1) is 10.1 Å². The van der Waals surface area contributed by atoms with Crippen LogP contribution in [0.3, 0.4) is 0 Å². The SMILES string of the molecule is COc1cc(C=Nn2c(C(C)C)nc3ccc(Br)cc3c2=O)c(Br)c(Cl)c1OCc1cccc([N+](=O)[O-])c1. The molecule has 0 aliphatic heterocycles. The number of ether oxygens (including phenoxy) is 2. The molecule has 0 amide bonds. The third-order valence-corrected chi connectivity index (χ3v) is 7.48. The average molecular weight is 665 g/mol. The molecule has 4 aromatic rings. The molecule has 0 radical (unpaired) electrons. The summed E-state index contributed by atoms with van der Waals surface area (Å²) >= 11 is 13.5. The number of nitro groups is 1. The fraction of sp³-hybridized carbons (Fsp3) is 0.192. The molecule has 0 unspecified atom stereocenters. The second-order valence-electron chi connectivity index (χ2n) is 8.49. The van der Waals surface area contributed by atoms with Crippen LogP contribution in [0.5, 0.6) is 11.5 Å². The highest BCUT2D eigenvalue weighted by Crippen LogP contribution is 2.42. The van der Waals surface area contributed by atoms with E-state index in [0.717, 1.165) is 4.47 Å². The molecular formula is C26H21Br2ClN4O5. The average Bonchev–Trinajstić information content (AvgIpc) is 2.89. The molecule has 12 heteroatoms. The van der Waals surface area contributed by atoms with Crippen molar-refractivity contribution in [1.82, 2.24) is 9.66 Å². The van der Waals surface area contributed by atoms with E-state index in [1.165, 1.54) is 30.1 Å². The number of nitro benzene ring substituents is 1. The van der Waals surface area contributed by atoms with Crippen molar-refractivity contribution in [3.63, 3.8) is 0 Å². The van der Waals surface area contributed by atoms with Crippen molar-refractivity contribution in [2.24, 2.45) is 5.10 Å². The van der Waals surface area contributed by atoms with Gasteiger partial charge in [-0.1, -0.05) is 53.5 Å². The monoisotopic (exact) mass is 662 g/mol. The van der Waals surface area contributed by atoms with Crippen LogP contribution in [0.2, 0.25) is 5.02 Å². The molecule has 4 rings (SSSR count). The number of aromatic nitrogens is 2. The van der Waals surface area contributed by atoms with Crippen LogP contribution in [-0.2, 0) is 6.61 Å². The van der Waals surface area contributed by atoms with E-state index in [1.807, 2.05) is 19.9 Å². The molecule has 0 aliphatic carbocycles. The largest absolute Gasteiger partial charge is 0.493 e. The number of benzene rings is 3. The molecule has 1 aromatic heterocycles. The molecular weight excluding hydrogens is 644 g/mol. The first-order valence-corrected chi connectivity index (χ1v) is 13.3. The maximum Gasteiger partial charge on any atom is 0.282 e. The summed E-state index contributed by atoms with van der Waals surface area (Å²) in [7, 11) is 1.47. The molecule has 38 heavy (non-hydrogen) atoms. The predicted molar refractivity (Wildman–Crippen MR) is 154 cm³/mol. The fourth-order valence-corrected chi connectivity index (χ4v) is 4.69. The van der Waals surface area contributed by atoms with Crippen molar-refractivity contribution in [2.45, 2.75) is 26.4 Å². The topological polar surface area (TPSA) is 109 Å². The Labute approximate surface area is 239 Å². The lowest BCUT2D eigenvalue weighted by molar-refractivity contribution is -0.384. The summed E-state index contributed by atoms with van der Waals surface area (Å²) in [6.07, 6.45) is 1.49. The Kier molecular flexibility index (Phi) is 8.49. The summed E-state index contributed by atoms with van der Waals surface area (Å²) < 4.78 is 13.9. The molecule has 3 aromatic carbocycles. The number of halogens is 3. The number of hydrogen-bond acceptors (Lipinski definition) is 7. The van der Waals surface area contributed by atoms with Gasteiger partial charge in [0.1, 0.15) is 17.5 Å². The minimum absolute atomic E-state index is 0.0308. The number of rotatable bonds is 8. The van der Waals surface area contributed by atoms with Gasteiger partial charge < -0.3 is 9.47 Å². The smallest absolute Gasteiger partial charge is 0.282 e. The lowest BCUT2D eigenvalue weighted by Gasteiger charge is -2.15. The Balaban J connectivity index is 1.71. The summed E-state index contributed by atoms with van der Waals surface area (Å²) in [4.78, 5) is 28.6. The Bertz CT molecular complexity index is 1640. The highest BCUT2D eigenvalue weighted by atomic mass is 79.9. The van der Waals surface area contributed by atoms with Crippen molar-refractivity contribution in [2.75, 3.05) is 7.11 Å². The minimum atomic E-state index is -0.471. The van der Waals surface area contributed by atoms with E-state index in [4.69, 9.17) is 21.1 Å². The van der Waals surface area contributed by atoms with Crippen LogP contribution in [0.15, 0.2) is 67.4 Å². The van der Waals surface area contributed by atoms with Crippen LogP contribution in [-0.4, -0.2) is 27.9 Å². The van der Waals surface area contributed by atoms with Gasteiger partial charge in [-0.3, -0.25) is 14.9 Å². The number of hydrogen-bond donors (Lipinski definition) is 0. The van der Waals surface area contributed by atoms with E-state index in [-0.39, 0.29) is 34.5 Å². The van der Waals surface area contributed by atoms with E-state index in [2.05, 4.69) is 41.9 Å². The number of fused-ring (bicyclic) bond motifs is 1. The molecule has 1 heterocycles. The minimum Gasteiger partial charge on any atom is -0.493 e. The van der Waals surface area contributed by atoms with Gasteiger partial charge in [-0.25, -0.2) is 4.98 Å². The normalized spacial score (nSPS) is 11.4. The lowest BCUT2D eigenvalue weighted by Crippen LogP contribution is -2.23. The zero-order valence-corrected chi connectivity index (χ0v) is 24.4. The van der Waals surface area contributed by atoms with Gasteiger partial charge in [0.25, 0.3) is 11.2 Å². The lowest BCUT2D eigenvalue weighted by atomic mass is 10.2. The van der Waals surface area contributed by atoms with Gasteiger partial charge in [0, 0.05) is 32.6 Å². The molecule has 9 nitrogen and oxygen atoms in total. The van der Waals surface area contributed by atoms with Gasteiger partial charge >= 0.3 is 0 Å². The first-order valence-electron chi connectivity index (χ1n) is 11.3. The summed E-state index contributed by atoms with van der Waals surface area (Å²) in [5.74, 6) is 1.01. The summed E-state index contributed by atoms with van der Waals surface area (Å²) in [6, 6.07) is 13.1. The number of non-ortho nitro benzene ring substituents is 1. The van der Waals surface area contributed by atoms with Gasteiger partial charge in [-0.05, 0) is 45.8 Å². The highest BCUT2D eigenvalue weighted by Gasteiger charge is 2.19. The van der Waals surface area contributed by atoms with Crippen molar-refractivity contribution >= 4 is 66.3 Å². The third-order valence-electron chi connectivity index (χ3n) is 5.54. The molecule has 0 bridgehead atoms. The standard InChI is InChI=1S/C26H21Br2ClN4O5/c1-14(2)25-31-20-8-7-17(27)11-19(20)26(34)32(25)30-12-16-10-21(37-3)24(23(29)22(16)28)38-13-15-5-4-6-18(9-15)33(35)36/h4-12,14H,13H2,1-3H3. The van der Waals surface area contributed by atoms with Gasteiger partial charge in [0.05, 0.1) is 29.2 Å². The Morgan fingerprint density at radius 1 is 1.21 bits per heavy atom. The molecule has 0 N–H and O–H groups in total. The summed E-state index contributed by atoms with van der Waals surface area (Å²) in [5.41, 5.74) is 1.37. The van der Waals surface area contributed by atoms with Crippen molar-refractivity contribution < 1.29 is 14.4 Å². The fourth-order valence-electron chi connectivity index (χ4n) is 3.67. The van der Waals surface area contributed by atoms with Crippen molar-refractivity contribution in [3.05, 3.63) is 99.9 Å². The van der Waals surface area contributed by atoms with E-state index >= 15 is 0 Å². The van der Waals surface area contributed by atoms with E-state index in [9.17, 15) is 14.9 Å². The Hall–Kier alpha value is -3.28. The summed E-state index contributed by atoms with van der Waals surface area (Å²) in [6.45, 7) is 3.90. The second-order valence-corrected chi connectivity index (χ2v) is 10.6. The quantitative estimate of drug-likeness (QED) is 0.113. The number of nitrogens with zero attached hydrogens (tertiary/aromatic N) is 4. The number of methoxy groups -OCH3 is 1. The maximum absolute atomic E-state index is 13.3.